The topological polar surface area (TPSA) is 81.0 Å². The normalized spacial score (nSPS) is 14.1. The van der Waals surface area contributed by atoms with Crippen molar-refractivity contribution in [1.82, 2.24) is 9.47 Å². The molecule has 1 aliphatic rings. The molecule has 4 rings (SSSR count). The number of ether oxygens (including phenoxy) is 1. The van der Waals surface area contributed by atoms with Gasteiger partial charge in [0.05, 0.1) is 28.0 Å². The van der Waals surface area contributed by atoms with Crippen molar-refractivity contribution in [2.75, 3.05) is 19.8 Å². The summed E-state index contributed by atoms with van der Waals surface area (Å²) in [7, 11) is 0. The maximum absolute atomic E-state index is 12.7. The second-order valence-electron chi connectivity index (χ2n) is 6.90. The molecule has 7 nitrogen and oxygen atoms in total. The summed E-state index contributed by atoms with van der Waals surface area (Å²) < 4.78 is 8.46. The molecule has 0 N–H and O–H groups in total. The molecule has 154 valence electrons. The second kappa shape index (κ2) is 8.33. The molecule has 0 atom stereocenters. The monoisotopic (exact) mass is 423 g/mol. The molecular formula is C22H21N3O4S. The number of carbonyl (C=O) groups excluding carboxylic acids is 3. The number of aryl methyl sites for hydroxylation is 1. The van der Waals surface area contributed by atoms with E-state index in [9.17, 15) is 14.4 Å². The van der Waals surface area contributed by atoms with Crippen LogP contribution in [0.5, 0.6) is 0 Å². The molecule has 0 saturated carbocycles. The van der Waals surface area contributed by atoms with Crippen LogP contribution in [0.15, 0.2) is 47.5 Å². The van der Waals surface area contributed by atoms with Gasteiger partial charge in [-0.1, -0.05) is 35.6 Å². The van der Waals surface area contributed by atoms with Gasteiger partial charge in [-0.2, -0.15) is 4.99 Å². The quantitative estimate of drug-likeness (QED) is 0.451. The van der Waals surface area contributed by atoms with Crippen LogP contribution in [-0.2, 0) is 16.1 Å². The number of imide groups is 1. The van der Waals surface area contributed by atoms with E-state index in [0.29, 0.717) is 35.7 Å². The first-order chi connectivity index (χ1) is 14.5. The van der Waals surface area contributed by atoms with E-state index < -0.39 is 17.7 Å². The Bertz CT molecular complexity index is 1190. The summed E-state index contributed by atoms with van der Waals surface area (Å²) in [4.78, 5) is 43.5. The predicted octanol–water partition coefficient (Wildman–Crippen LogP) is 2.77. The van der Waals surface area contributed by atoms with Crippen molar-refractivity contribution in [2.45, 2.75) is 20.4 Å². The molecule has 2 heterocycles. The number of fused-ring (bicyclic) bond motifs is 2. The average Bonchev–Trinajstić information content (AvgIpc) is 3.20. The van der Waals surface area contributed by atoms with Gasteiger partial charge < -0.3 is 9.30 Å². The number of thiazole rings is 1. The summed E-state index contributed by atoms with van der Waals surface area (Å²) in [6, 6.07) is 12.5. The Morgan fingerprint density at radius 2 is 1.77 bits per heavy atom. The van der Waals surface area contributed by atoms with Crippen LogP contribution >= 0.6 is 11.3 Å². The summed E-state index contributed by atoms with van der Waals surface area (Å²) in [5, 5.41) is 0. The second-order valence-corrected chi connectivity index (χ2v) is 7.91. The van der Waals surface area contributed by atoms with Crippen LogP contribution in [0.1, 0.15) is 33.2 Å². The molecule has 0 aliphatic carbocycles. The highest BCUT2D eigenvalue weighted by Crippen LogP contribution is 2.23. The molecule has 0 fully saturated rings. The zero-order valence-corrected chi connectivity index (χ0v) is 17.6. The lowest BCUT2D eigenvalue weighted by molar-refractivity contribution is -0.118. The van der Waals surface area contributed by atoms with Crippen LogP contribution in [0.3, 0.4) is 0 Å². The molecule has 1 aromatic heterocycles. The third kappa shape index (κ3) is 3.59. The lowest BCUT2D eigenvalue weighted by atomic mass is 10.1. The van der Waals surface area contributed by atoms with Gasteiger partial charge in [-0.3, -0.25) is 19.3 Å². The number of amides is 3. The standard InChI is InChI=1S/C22H21N3O4S/c1-3-29-12-11-24-19-14(2)7-6-10-17(19)30-22(24)23-18(26)13-25-20(27)15-8-4-5-9-16(15)21(25)28/h4-10H,3,11-13H2,1-2H3. The number of hydrogen-bond donors (Lipinski definition) is 0. The Balaban J connectivity index is 1.65. The fourth-order valence-electron chi connectivity index (χ4n) is 3.56. The minimum absolute atomic E-state index is 0.319. The van der Waals surface area contributed by atoms with Crippen molar-refractivity contribution in [2.24, 2.45) is 4.99 Å². The molecule has 1 aliphatic heterocycles. The van der Waals surface area contributed by atoms with Gasteiger partial charge in [0.1, 0.15) is 6.54 Å². The van der Waals surface area contributed by atoms with Crippen LogP contribution in [0.25, 0.3) is 10.2 Å². The Labute approximate surface area is 177 Å². The first-order valence-corrected chi connectivity index (χ1v) is 10.5. The number of aromatic nitrogens is 1. The van der Waals surface area contributed by atoms with Gasteiger partial charge >= 0.3 is 0 Å². The van der Waals surface area contributed by atoms with Crippen LogP contribution < -0.4 is 4.80 Å². The summed E-state index contributed by atoms with van der Waals surface area (Å²) in [5.74, 6) is -1.47. The molecule has 0 unspecified atom stereocenters. The van der Waals surface area contributed by atoms with Gasteiger partial charge in [0.2, 0.25) is 0 Å². The molecule has 0 saturated heterocycles. The summed E-state index contributed by atoms with van der Waals surface area (Å²) in [6.45, 7) is 5.21. The van der Waals surface area contributed by atoms with Crippen LogP contribution in [0, 0.1) is 6.92 Å². The molecule has 2 aromatic carbocycles. The highest BCUT2D eigenvalue weighted by Gasteiger charge is 2.36. The van der Waals surface area contributed by atoms with E-state index in [1.54, 1.807) is 24.3 Å². The number of benzene rings is 2. The molecule has 0 bridgehead atoms. The lowest BCUT2D eigenvalue weighted by Crippen LogP contribution is -2.35. The molecule has 3 amide bonds. The van der Waals surface area contributed by atoms with Gasteiger partial charge in [0.15, 0.2) is 4.80 Å². The maximum atomic E-state index is 12.7. The fourth-order valence-corrected chi connectivity index (χ4v) is 4.71. The van der Waals surface area contributed by atoms with Crippen LogP contribution in [-0.4, -0.2) is 46.9 Å². The molecular weight excluding hydrogens is 402 g/mol. The van der Waals surface area contributed by atoms with Gasteiger partial charge in [-0.15, -0.1) is 0 Å². The Morgan fingerprint density at radius 3 is 2.43 bits per heavy atom. The van der Waals surface area contributed by atoms with E-state index in [-0.39, 0.29) is 6.54 Å². The molecule has 0 radical (unpaired) electrons. The van der Waals surface area contributed by atoms with E-state index >= 15 is 0 Å². The minimum atomic E-state index is -0.543. The fraction of sp³-hybridized carbons (Fsp3) is 0.273. The summed E-state index contributed by atoms with van der Waals surface area (Å²) >= 11 is 1.40. The SMILES string of the molecule is CCOCCn1c(=NC(=O)CN2C(=O)c3ccccc3C2=O)sc2cccc(C)c21. The number of hydrogen-bond acceptors (Lipinski definition) is 5. The number of rotatable bonds is 6. The number of carbonyl (C=O) groups is 3. The third-order valence-electron chi connectivity index (χ3n) is 4.96. The average molecular weight is 423 g/mol. The van der Waals surface area contributed by atoms with Crippen molar-refractivity contribution in [3.63, 3.8) is 0 Å². The van der Waals surface area contributed by atoms with Gasteiger partial charge in [-0.25, -0.2) is 0 Å². The van der Waals surface area contributed by atoms with Crippen molar-refractivity contribution in [3.8, 4) is 0 Å². The Morgan fingerprint density at radius 1 is 1.07 bits per heavy atom. The first kappa shape index (κ1) is 20.2. The van der Waals surface area contributed by atoms with E-state index in [1.807, 2.05) is 36.6 Å². The van der Waals surface area contributed by atoms with Gasteiger partial charge in [0.25, 0.3) is 17.7 Å². The highest BCUT2D eigenvalue weighted by molar-refractivity contribution is 7.16. The minimum Gasteiger partial charge on any atom is -0.380 e. The van der Waals surface area contributed by atoms with E-state index in [0.717, 1.165) is 20.7 Å². The number of nitrogens with zero attached hydrogens (tertiary/aromatic N) is 3. The van der Waals surface area contributed by atoms with Crippen molar-refractivity contribution in [1.29, 1.82) is 0 Å². The molecule has 8 heteroatoms. The number of para-hydroxylation sites is 1. The molecule has 30 heavy (non-hydrogen) atoms. The molecule has 3 aromatic rings. The third-order valence-corrected chi connectivity index (χ3v) is 6.00. The van der Waals surface area contributed by atoms with Crippen molar-refractivity contribution >= 4 is 39.3 Å². The zero-order valence-electron chi connectivity index (χ0n) is 16.8. The lowest BCUT2D eigenvalue weighted by Gasteiger charge is -2.11. The van der Waals surface area contributed by atoms with E-state index in [2.05, 4.69) is 4.99 Å². The van der Waals surface area contributed by atoms with E-state index in [1.165, 1.54) is 11.3 Å². The summed E-state index contributed by atoms with van der Waals surface area (Å²) in [6.07, 6.45) is 0. The highest BCUT2D eigenvalue weighted by atomic mass is 32.1. The Kier molecular flexibility index (Phi) is 5.61. The van der Waals surface area contributed by atoms with Crippen molar-refractivity contribution in [3.05, 3.63) is 64.0 Å². The van der Waals surface area contributed by atoms with Crippen LogP contribution in [0.4, 0.5) is 0 Å². The molecule has 0 spiro atoms. The zero-order chi connectivity index (χ0) is 21.3. The predicted molar refractivity (Wildman–Crippen MR) is 113 cm³/mol. The van der Waals surface area contributed by atoms with Crippen molar-refractivity contribution < 1.29 is 19.1 Å². The summed E-state index contributed by atoms with van der Waals surface area (Å²) in [5.41, 5.74) is 2.73. The first-order valence-electron chi connectivity index (χ1n) is 9.70. The van der Waals surface area contributed by atoms with Gasteiger partial charge in [0, 0.05) is 13.2 Å². The Hall–Kier alpha value is -3.10. The van der Waals surface area contributed by atoms with Crippen LogP contribution in [0.2, 0.25) is 0 Å². The largest absolute Gasteiger partial charge is 0.380 e. The maximum Gasteiger partial charge on any atom is 0.268 e. The smallest absolute Gasteiger partial charge is 0.268 e. The van der Waals surface area contributed by atoms with Gasteiger partial charge in [-0.05, 0) is 37.6 Å². The van der Waals surface area contributed by atoms with E-state index in [4.69, 9.17) is 4.74 Å².